The van der Waals surface area contributed by atoms with Crippen molar-refractivity contribution in [2.45, 2.75) is 25.5 Å². The zero-order valence-corrected chi connectivity index (χ0v) is 5.47. The van der Waals surface area contributed by atoms with Gasteiger partial charge in [0.05, 0.1) is 0 Å². The maximum atomic E-state index is 5.27. The first-order valence-electron chi connectivity index (χ1n) is 3.26. The molecule has 1 atom stereocenters. The van der Waals surface area contributed by atoms with Gasteiger partial charge in [0.15, 0.2) is 0 Å². The highest BCUT2D eigenvalue weighted by Gasteiger charge is 2.10. The fourth-order valence-corrected chi connectivity index (χ4v) is 0.944. The fraction of sp³-hybridized carbons (Fsp3) is 0.833. The van der Waals surface area contributed by atoms with Gasteiger partial charge in [-0.1, -0.05) is 0 Å². The lowest BCUT2D eigenvalue weighted by atomic mass is 10.2. The van der Waals surface area contributed by atoms with Crippen LogP contribution >= 0.6 is 0 Å². The van der Waals surface area contributed by atoms with E-state index in [0.29, 0.717) is 0 Å². The molecule has 0 radical (unpaired) electrons. The van der Waals surface area contributed by atoms with Crippen LogP contribution in [-0.2, 0) is 4.74 Å². The second-order valence-corrected chi connectivity index (χ2v) is 2.14. The normalized spacial score (nSPS) is 27.3. The molecule has 0 aromatic rings. The van der Waals surface area contributed by atoms with E-state index in [1.54, 1.807) is 0 Å². The summed E-state index contributed by atoms with van der Waals surface area (Å²) in [6, 6.07) is 0. The molecule has 1 rings (SSSR count). The van der Waals surface area contributed by atoms with Crippen LogP contribution in [-0.4, -0.2) is 19.6 Å². The topological polar surface area (TPSA) is 33.6 Å². The van der Waals surface area contributed by atoms with Gasteiger partial charge in [-0.15, -0.1) is 0 Å². The lowest BCUT2D eigenvalue weighted by molar-refractivity contribution is -0.00430. The Morgan fingerprint density at radius 3 is 3.00 bits per heavy atom. The maximum Gasteiger partial charge on any atom is 0.142 e. The highest BCUT2D eigenvalue weighted by molar-refractivity contribution is 5.22. The third-order valence-corrected chi connectivity index (χ3v) is 1.41. The van der Waals surface area contributed by atoms with Crippen molar-refractivity contribution in [1.82, 2.24) is 5.43 Å². The highest BCUT2D eigenvalue weighted by Crippen LogP contribution is 2.09. The summed E-state index contributed by atoms with van der Waals surface area (Å²) in [6.45, 7) is 4.17. The molecule has 52 valence electrons. The minimum atomic E-state index is 0.122. The molecule has 3 heteroatoms. The molecule has 0 aromatic carbocycles. The van der Waals surface area contributed by atoms with Gasteiger partial charge in [0, 0.05) is 13.3 Å². The van der Waals surface area contributed by atoms with Gasteiger partial charge in [-0.25, -0.2) is 0 Å². The van der Waals surface area contributed by atoms with Gasteiger partial charge in [0.2, 0.25) is 0 Å². The van der Waals surface area contributed by atoms with Crippen molar-refractivity contribution in [2.24, 2.45) is 5.10 Å². The fourth-order valence-electron chi connectivity index (χ4n) is 0.944. The highest BCUT2D eigenvalue weighted by atomic mass is 16.5. The van der Waals surface area contributed by atoms with Crippen molar-refractivity contribution in [3.8, 4) is 0 Å². The predicted octanol–water partition coefficient (Wildman–Crippen LogP) is 0.718. The monoisotopic (exact) mass is 128 g/mol. The van der Waals surface area contributed by atoms with Crippen LogP contribution in [0.2, 0.25) is 0 Å². The second kappa shape index (κ2) is 3.45. The third-order valence-electron chi connectivity index (χ3n) is 1.41. The van der Waals surface area contributed by atoms with E-state index in [1.807, 2.05) is 0 Å². The van der Waals surface area contributed by atoms with Gasteiger partial charge in [0.1, 0.15) is 6.23 Å². The average molecular weight is 128 g/mol. The van der Waals surface area contributed by atoms with Crippen LogP contribution in [0.4, 0.5) is 0 Å². The molecule has 0 saturated carbocycles. The quantitative estimate of drug-likeness (QED) is 0.439. The molecule has 0 bridgehead atoms. The molecule has 1 N–H and O–H groups in total. The Balaban J connectivity index is 2.15. The molecule has 1 aliphatic heterocycles. The minimum Gasteiger partial charge on any atom is -0.357 e. The zero-order valence-electron chi connectivity index (χ0n) is 5.47. The first-order chi connectivity index (χ1) is 4.43. The first kappa shape index (κ1) is 6.55. The Hall–Kier alpha value is -0.570. The smallest absolute Gasteiger partial charge is 0.142 e. The lowest BCUT2D eigenvalue weighted by Crippen LogP contribution is -2.30. The van der Waals surface area contributed by atoms with E-state index in [1.165, 1.54) is 12.8 Å². The average Bonchev–Trinajstić information content (AvgIpc) is 1.91. The van der Waals surface area contributed by atoms with Crippen LogP contribution in [0.25, 0.3) is 0 Å². The Bertz CT molecular complexity index is 89.1. The Labute approximate surface area is 55.1 Å². The van der Waals surface area contributed by atoms with Crippen LogP contribution in [0.1, 0.15) is 19.3 Å². The molecule has 1 fully saturated rings. The molecule has 1 heterocycles. The summed E-state index contributed by atoms with van der Waals surface area (Å²) in [4.78, 5) is 0. The number of rotatable bonds is 2. The van der Waals surface area contributed by atoms with E-state index < -0.39 is 0 Å². The predicted molar refractivity (Wildman–Crippen MR) is 36.3 cm³/mol. The maximum absolute atomic E-state index is 5.27. The molecule has 0 aromatic heterocycles. The van der Waals surface area contributed by atoms with E-state index >= 15 is 0 Å². The number of hydrazone groups is 1. The van der Waals surface area contributed by atoms with Crippen molar-refractivity contribution in [3.05, 3.63) is 0 Å². The molecule has 3 nitrogen and oxygen atoms in total. The van der Waals surface area contributed by atoms with Crippen LogP contribution in [0.3, 0.4) is 0 Å². The summed E-state index contributed by atoms with van der Waals surface area (Å²) in [5.74, 6) is 0. The molecular formula is C6H12N2O. The Kier molecular flexibility index (Phi) is 2.51. The van der Waals surface area contributed by atoms with E-state index in [2.05, 4.69) is 17.2 Å². The van der Waals surface area contributed by atoms with Crippen molar-refractivity contribution < 1.29 is 4.74 Å². The summed E-state index contributed by atoms with van der Waals surface area (Å²) >= 11 is 0. The van der Waals surface area contributed by atoms with Crippen LogP contribution in [0.5, 0.6) is 0 Å². The van der Waals surface area contributed by atoms with Crippen molar-refractivity contribution >= 4 is 6.72 Å². The number of ether oxygens (including phenoxy) is 1. The third kappa shape index (κ3) is 2.01. The number of hydrogen-bond acceptors (Lipinski definition) is 3. The SMILES string of the molecule is C=NNC1CCCCO1. The van der Waals surface area contributed by atoms with Crippen molar-refractivity contribution in [2.75, 3.05) is 6.61 Å². The van der Waals surface area contributed by atoms with Crippen LogP contribution in [0.15, 0.2) is 5.10 Å². The van der Waals surface area contributed by atoms with E-state index in [4.69, 9.17) is 4.74 Å². The van der Waals surface area contributed by atoms with Gasteiger partial charge < -0.3 is 4.74 Å². The van der Waals surface area contributed by atoms with Crippen molar-refractivity contribution in [3.63, 3.8) is 0 Å². The van der Waals surface area contributed by atoms with E-state index in [0.717, 1.165) is 13.0 Å². The number of nitrogens with zero attached hydrogens (tertiary/aromatic N) is 1. The van der Waals surface area contributed by atoms with E-state index in [-0.39, 0.29) is 6.23 Å². The zero-order chi connectivity index (χ0) is 6.53. The summed E-state index contributed by atoms with van der Waals surface area (Å²) in [6.07, 6.45) is 3.58. The van der Waals surface area contributed by atoms with Crippen LogP contribution in [0, 0.1) is 0 Å². The summed E-state index contributed by atoms with van der Waals surface area (Å²) in [5.41, 5.74) is 2.78. The Morgan fingerprint density at radius 1 is 1.56 bits per heavy atom. The largest absolute Gasteiger partial charge is 0.357 e. The van der Waals surface area contributed by atoms with Gasteiger partial charge in [-0.2, -0.15) is 5.10 Å². The van der Waals surface area contributed by atoms with Gasteiger partial charge in [-0.3, -0.25) is 5.43 Å². The van der Waals surface area contributed by atoms with Gasteiger partial charge in [0.25, 0.3) is 0 Å². The molecule has 0 aliphatic carbocycles. The summed E-state index contributed by atoms with van der Waals surface area (Å²) in [7, 11) is 0. The molecule has 0 amide bonds. The molecule has 1 saturated heterocycles. The van der Waals surface area contributed by atoms with Gasteiger partial charge in [-0.05, 0) is 19.3 Å². The van der Waals surface area contributed by atoms with Gasteiger partial charge >= 0.3 is 0 Å². The first-order valence-corrected chi connectivity index (χ1v) is 3.26. The summed E-state index contributed by atoms with van der Waals surface area (Å²) in [5, 5.41) is 3.53. The number of hydrogen-bond donors (Lipinski definition) is 1. The Morgan fingerprint density at radius 2 is 2.44 bits per heavy atom. The lowest BCUT2D eigenvalue weighted by Gasteiger charge is -2.21. The van der Waals surface area contributed by atoms with Crippen molar-refractivity contribution in [1.29, 1.82) is 0 Å². The number of nitrogens with one attached hydrogen (secondary N) is 1. The molecular weight excluding hydrogens is 116 g/mol. The standard InChI is InChI=1S/C6H12N2O/c1-7-8-6-4-2-3-5-9-6/h6,8H,1-5H2. The molecule has 1 unspecified atom stereocenters. The molecule has 0 spiro atoms. The minimum absolute atomic E-state index is 0.122. The van der Waals surface area contributed by atoms with E-state index in [9.17, 15) is 0 Å². The molecule has 1 aliphatic rings. The van der Waals surface area contributed by atoms with Crippen LogP contribution < -0.4 is 5.43 Å². The molecule has 9 heavy (non-hydrogen) atoms. The summed E-state index contributed by atoms with van der Waals surface area (Å²) < 4.78 is 5.27. The second-order valence-electron chi connectivity index (χ2n) is 2.14.